The van der Waals surface area contributed by atoms with Crippen LogP contribution in [0.2, 0.25) is 0 Å². The molecule has 0 spiro atoms. The minimum absolute atomic E-state index is 0.0140. The summed E-state index contributed by atoms with van der Waals surface area (Å²) in [5, 5.41) is 11.3. The molecule has 2 heterocycles. The Hall–Kier alpha value is -1.27. The van der Waals surface area contributed by atoms with Gasteiger partial charge in [0.2, 0.25) is 0 Å². The number of carbonyl (C=O) groups is 1. The van der Waals surface area contributed by atoms with Crippen LogP contribution in [-0.2, 0) is 16.1 Å². The molecular weight excluding hydrogens is 208 g/mol. The lowest BCUT2D eigenvalue weighted by molar-refractivity contribution is -0.117. The van der Waals surface area contributed by atoms with Gasteiger partial charge in [-0.05, 0) is 6.92 Å². The van der Waals surface area contributed by atoms with Crippen molar-refractivity contribution in [2.45, 2.75) is 26.0 Å². The summed E-state index contributed by atoms with van der Waals surface area (Å²) in [5.74, 6) is 0.160. The van der Waals surface area contributed by atoms with Crippen molar-refractivity contribution in [3.8, 4) is 0 Å². The van der Waals surface area contributed by atoms with Crippen LogP contribution in [0.3, 0.4) is 0 Å². The maximum Gasteiger partial charge on any atom is 0.131 e. The third-order valence-corrected chi connectivity index (χ3v) is 2.51. The molecule has 0 amide bonds. The van der Waals surface area contributed by atoms with Gasteiger partial charge in [0, 0.05) is 26.1 Å². The first-order valence-electron chi connectivity index (χ1n) is 5.47. The fourth-order valence-electron chi connectivity index (χ4n) is 1.60. The van der Waals surface area contributed by atoms with Gasteiger partial charge in [0.1, 0.15) is 17.6 Å². The summed E-state index contributed by atoms with van der Waals surface area (Å²) in [6, 6.07) is 0. The normalized spacial score (nSPS) is 20.9. The van der Waals surface area contributed by atoms with Gasteiger partial charge in [-0.2, -0.15) is 0 Å². The molecule has 2 rings (SSSR count). The predicted molar refractivity (Wildman–Crippen MR) is 56.9 cm³/mol. The van der Waals surface area contributed by atoms with Crippen LogP contribution < -0.4 is 5.32 Å². The third kappa shape index (κ3) is 2.86. The second-order valence-corrected chi connectivity index (χ2v) is 3.92. The van der Waals surface area contributed by atoms with Crippen molar-refractivity contribution in [1.82, 2.24) is 20.3 Å². The van der Waals surface area contributed by atoms with Crippen molar-refractivity contribution in [3.05, 3.63) is 11.9 Å². The SMILES string of the molecule is CC(=O)CCn1cc(C2CNCCO2)nn1. The van der Waals surface area contributed by atoms with Crippen LogP contribution in [-0.4, -0.2) is 40.5 Å². The minimum atomic E-state index is -0.0140. The summed E-state index contributed by atoms with van der Waals surface area (Å²) < 4.78 is 7.25. The number of hydrogen-bond acceptors (Lipinski definition) is 5. The number of rotatable bonds is 4. The van der Waals surface area contributed by atoms with E-state index in [4.69, 9.17) is 4.74 Å². The lowest BCUT2D eigenvalue weighted by Gasteiger charge is -2.21. The van der Waals surface area contributed by atoms with Gasteiger partial charge < -0.3 is 10.1 Å². The van der Waals surface area contributed by atoms with Gasteiger partial charge in [0.05, 0.1) is 12.8 Å². The molecule has 1 aromatic rings. The number of hydrogen-bond donors (Lipinski definition) is 1. The summed E-state index contributed by atoms with van der Waals surface area (Å²) >= 11 is 0. The van der Waals surface area contributed by atoms with Crippen LogP contribution >= 0.6 is 0 Å². The Morgan fingerprint density at radius 3 is 3.31 bits per heavy atom. The van der Waals surface area contributed by atoms with Crippen molar-refractivity contribution in [3.63, 3.8) is 0 Å². The number of nitrogens with zero attached hydrogens (tertiary/aromatic N) is 3. The van der Waals surface area contributed by atoms with E-state index in [1.165, 1.54) is 0 Å². The van der Waals surface area contributed by atoms with E-state index in [1.54, 1.807) is 11.6 Å². The summed E-state index contributed by atoms with van der Waals surface area (Å²) in [5.41, 5.74) is 0.829. The van der Waals surface area contributed by atoms with E-state index in [9.17, 15) is 4.79 Å². The molecule has 1 aromatic heterocycles. The molecule has 6 heteroatoms. The highest BCUT2D eigenvalue weighted by atomic mass is 16.5. The molecule has 1 aliphatic heterocycles. The van der Waals surface area contributed by atoms with Gasteiger partial charge >= 0.3 is 0 Å². The first kappa shape index (κ1) is 11.2. The summed E-state index contributed by atoms with van der Waals surface area (Å²) in [6.07, 6.45) is 2.33. The number of nitrogens with one attached hydrogen (secondary N) is 1. The van der Waals surface area contributed by atoms with E-state index in [2.05, 4.69) is 15.6 Å². The minimum Gasteiger partial charge on any atom is -0.369 e. The molecule has 0 aliphatic carbocycles. The Kier molecular flexibility index (Phi) is 3.63. The standard InChI is InChI=1S/C10H16N4O2/c1-8(15)2-4-14-7-9(12-13-14)10-6-11-3-5-16-10/h7,10-11H,2-6H2,1H3. The average Bonchev–Trinajstić information content (AvgIpc) is 2.76. The first-order valence-corrected chi connectivity index (χ1v) is 5.47. The number of aromatic nitrogens is 3. The van der Waals surface area contributed by atoms with Gasteiger partial charge in [-0.3, -0.25) is 9.48 Å². The zero-order chi connectivity index (χ0) is 11.4. The molecule has 16 heavy (non-hydrogen) atoms. The van der Waals surface area contributed by atoms with Crippen molar-refractivity contribution < 1.29 is 9.53 Å². The van der Waals surface area contributed by atoms with Crippen molar-refractivity contribution >= 4 is 5.78 Å². The van der Waals surface area contributed by atoms with E-state index in [1.807, 2.05) is 6.20 Å². The van der Waals surface area contributed by atoms with Crippen molar-refractivity contribution in [2.24, 2.45) is 0 Å². The molecule has 0 aromatic carbocycles. The van der Waals surface area contributed by atoms with Crippen LogP contribution in [0.5, 0.6) is 0 Å². The molecule has 1 fully saturated rings. The van der Waals surface area contributed by atoms with Crippen LogP contribution in [0.25, 0.3) is 0 Å². The highest BCUT2D eigenvalue weighted by Crippen LogP contribution is 2.15. The molecule has 88 valence electrons. The topological polar surface area (TPSA) is 69.0 Å². The number of Topliss-reactive ketones (excluding diaryl/α,β-unsaturated/α-hetero) is 1. The Labute approximate surface area is 94.0 Å². The number of ether oxygens (including phenoxy) is 1. The van der Waals surface area contributed by atoms with Gasteiger partial charge in [-0.15, -0.1) is 5.10 Å². The Balaban J connectivity index is 1.93. The van der Waals surface area contributed by atoms with Crippen LogP contribution in [0, 0.1) is 0 Å². The highest BCUT2D eigenvalue weighted by molar-refractivity contribution is 5.75. The fourth-order valence-corrected chi connectivity index (χ4v) is 1.60. The molecule has 1 saturated heterocycles. The second-order valence-electron chi connectivity index (χ2n) is 3.92. The maximum atomic E-state index is 10.8. The monoisotopic (exact) mass is 224 g/mol. The molecule has 1 unspecified atom stereocenters. The zero-order valence-electron chi connectivity index (χ0n) is 9.35. The van der Waals surface area contributed by atoms with Crippen LogP contribution in [0.1, 0.15) is 25.1 Å². The molecular formula is C10H16N4O2. The third-order valence-electron chi connectivity index (χ3n) is 2.51. The van der Waals surface area contributed by atoms with Gasteiger partial charge in [-0.1, -0.05) is 5.21 Å². The number of ketones is 1. The molecule has 0 radical (unpaired) electrons. The largest absolute Gasteiger partial charge is 0.369 e. The van der Waals surface area contributed by atoms with Gasteiger partial charge in [0.25, 0.3) is 0 Å². The highest BCUT2D eigenvalue weighted by Gasteiger charge is 2.18. The lowest BCUT2D eigenvalue weighted by Crippen LogP contribution is -2.33. The number of aryl methyl sites for hydroxylation is 1. The predicted octanol–water partition coefficient (Wildman–Crippen LogP) is -0.0819. The van der Waals surface area contributed by atoms with E-state index in [-0.39, 0.29) is 11.9 Å². The quantitative estimate of drug-likeness (QED) is 0.774. The Morgan fingerprint density at radius 2 is 2.62 bits per heavy atom. The summed E-state index contributed by atoms with van der Waals surface area (Å²) in [7, 11) is 0. The smallest absolute Gasteiger partial charge is 0.131 e. The molecule has 6 nitrogen and oxygen atoms in total. The van der Waals surface area contributed by atoms with Gasteiger partial charge in [0.15, 0.2) is 0 Å². The summed E-state index contributed by atoms with van der Waals surface area (Å²) in [6.45, 7) is 4.51. The van der Waals surface area contributed by atoms with Crippen LogP contribution in [0.15, 0.2) is 6.20 Å². The second kappa shape index (κ2) is 5.18. The molecule has 0 bridgehead atoms. The summed E-state index contributed by atoms with van der Waals surface area (Å²) in [4.78, 5) is 10.8. The zero-order valence-corrected chi connectivity index (χ0v) is 9.35. The van der Waals surface area contributed by atoms with E-state index in [0.717, 1.165) is 18.8 Å². The fraction of sp³-hybridized carbons (Fsp3) is 0.700. The average molecular weight is 224 g/mol. The van der Waals surface area contributed by atoms with Crippen molar-refractivity contribution in [1.29, 1.82) is 0 Å². The molecule has 1 N–H and O–H groups in total. The first-order chi connectivity index (χ1) is 7.75. The Bertz CT molecular complexity index is 357. The lowest BCUT2D eigenvalue weighted by atomic mass is 10.2. The maximum absolute atomic E-state index is 10.8. The van der Waals surface area contributed by atoms with Crippen molar-refractivity contribution in [2.75, 3.05) is 19.7 Å². The Morgan fingerprint density at radius 1 is 1.75 bits per heavy atom. The number of carbonyl (C=O) groups excluding carboxylic acids is 1. The molecule has 1 aliphatic rings. The number of morpholine rings is 1. The molecule has 0 saturated carbocycles. The van der Waals surface area contributed by atoms with Gasteiger partial charge in [-0.25, -0.2) is 0 Å². The van der Waals surface area contributed by atoms with Crippen LogP contribution in [0.4, 0.5) is 0 Å². The van der Waals surface area contributed by atoms with E-state index >= 15 is 0 Å². The molecule has 1 atom stereocenters. The van der Waals surface area contributed by atoms with E-state index < -0.39 is 0 Å². The van der Waals surface area contributed by atoms with E-state index in [0.29, 0.717) is 19.6 Å².